The highest BCUT2D eigenvalue weighted by molar-refractivity contribution is 7.26. The molecule has 0 aliphatic heterocycles. The van der Waals surface area contributed by atoms with Gasteiger partial charge in [-0.25, -0.2) is 4.98 Å². The fourth-order valence-corrected chi connectivity index (χ4v) is 7.35. The molecule has 0 bridgehead atoms. The summed E-state index contributed by atoms with van der Waals surface area (Å²) in [6, 6.07) is 35.4. The van der Waals surface area contributed by atoms with Crippen molar-refractivity contribution in [2.45, 2.75) is 46.4 Å². The molecule has 2 aromatic heterocycles. The summed E-state index contributed by atoms with van der Waals surface area (Å²) in [6.45, 7) is 6.70. The average Bonchev–Trinajstić information content (AvgIpc) is 3.58. The molecule has 7 aromatic rings. The Hall–Kier alpha value is -4.21. The van der Waals surface area contributed by atoms with E-state index in [1.165, 1.54) is 16.8 Å². The number of aryl methyl sites for hydroxylation is 1. The third-order valence-corrected chi connectivity index (χ3v) is 9.28. The number of para-hydroxylation sites is 3. The molecule has 0 fully saturated rings. The van der Waals surface area contributed by atoms with E-state index < -0.39 is 6.85 Å². The second-order valence-corrected chi connectivity index (χ2v) is 12.5. The van der Waals surface area contributed by atoms with Gasteiger partial charge in [0.2, 0.25) is 0 Å². The highest BCUT2D eigenvalue weighted by Crippen LogP contribution is 2.45. The first-order valence-corrected chi connectivity index (χ1v) is 15.1. The van der Waals surface area contributed by atoms with Crippen molar-refractivity contribution < 1.29 is 4.11 Å². The summed E-state index contributed by atoms with van der Waals surface area (Å²) in [5.74, 6) is 1.44. The Bertz CT molecular complexity index is 2140. The number of aromatic nitrogens is 2. The van der Waals surface area contributed by atoms with Crippen molar-refractivity contribution in [2.75, 3.05) is 0 Å². The number of rotatable bonds is 5. The minimum atomic E-state index is -2.25. The van der Waals surface area contributed by atoms with Crippen LogP contribution in [0.5, 0.6) is 0 Å². The Kier molecular flexibility index (Phi) is 5.49. The monoisotopic (exact) mass is 553 g/mol. The molecule has 0 amide bonds. The number of hydrogen-bond acceptors (Lipinski definition) is 2. The average molecular weight is 554 g/mol. The molecule has 0 unspecified atom stereocenters. The minimum Gasteiger partial charge on any atom is -0.292 e. The van der Waals surface area contributed by atoms with E-state index in [1.807, 2.05) is 30.3 Å². The molecule has 5 aromatic carbocycles. The number of nitrogens with zero attached hydrogens (tertiary/aromatic N) is 2. The van der Waals surface area contributed by atoms with Gasteiger partial charge in [0.1, 0.15) is 5.82 Å². The largest absolute Gasteiger partial charge is 0.292 e. The molecule has 41 heavy (non-hydrogen) atoms. The Labute approximate surface area is 250 Å². The Balaban J connectivity index is 1.60. The maximum Gasteiger partial charge on any atom is 0.147 e. The van der Waals surface area contributed by atoms with Gasteiger partial charge in [-0.2, -0.15) is 0 Å². The SMILES string of the molecule is [2H]C([2H])([2H])c1ccc(-c2nc3ccccc3n2-c2c(C(C)C)cccc2C(C)C)c2sc3cc(-c4ccccc4)ccc3c12. The highest BCUT2D eigenvalue weighted by atomic mass is 32.1. The fourth-order valence-electron chi connectivity index (χ4n) is 6.07. The zero-order valence-corrected chi connectivity index (χ0v) is 24.6. The summed E-state index contributed by atoms with van der Waals surface area (Å²) in [7, 11) is 0. The van der Waals surface area contributed by atoms with Crippen LogP contribution in [0.1, 0.15) is 60.3 Å². The zero-order chi connectivity index (χ0) is 30.7. The molecular weight excluding hydrogens is 516 g/mol. The van der Waals surface area contributed by atoms with Crippen molar-refractivity contribution in [2.24, 2.45) is 0 Å². The van der Waals surface area contributed by atoms with Crippen LogP contribution in [-0.2, 0) is 0 Å². The third kappa shape index (κ3) is 4.19. The topological polar surface area (TPSA) is 17.8 Å². The van der Waals surface area contributed by atoms with Gasteiger partial charge in [0.25, 0.3) is 0 Å². The van der Waals surface area contributed by atoms with Gasteiger partial charge in [-0.15, -0.1) is 11.3 Å². The van der Waals surface area contributed by atoms with E-state index in [2.05, 4.69) is 99.0 Å². The van der Waals surface area contributed by atoms with Crippen molar-refractivity contribution in [3.8, 4) is 28.2 Å². The molecule has 0 atom stereocenters. The predicted molar refractivity (Wildman–Crippen MR) is 178 cm³/mol. The van der Waals surface area contributed by atoms with Crippen LogP contribution in [0.4, 0.5) is 0 Å². The second-order valence-electron chi connectivity index (χ2n) is 11.4. The van der Waals surface area contributed by atoms with Crippen LogP contribution < -0.4 is 0 Å². The summed E-state index contributed by atoms with van der Waals surface area (Å²) < 4.78 is 29.7. The molecule has 3 heteroatoms. The lowest BCUT2D eigenvalue weighted by molar-refractivity contribution is 0.811. The summed E-state index contributed by atoms with van der Waals surface area (Å²) in [5, 5.41) is 1.76. The van der Waals surface area contributed by atoms with Crippen LogP contribution in [0.25, 0.3) is 59.4 Å². The van der Waals surface area contributed by atoms with Gasteiger partial charge in [0, 0.05) is 29.8 Å². The molecule has 2 heterocycles. The summed E-state index contributed by atoms with van der Waals surface area (Å²) in [4.78, 5) is 5.27. The molecule has 0 saturated carbocycles. The Morgan fingerprint density at radius 1 is 0.732 bits per heavy atom. The van der Waals surface area contributed by atoms with Crippen LogP contribution in [0.3, 0.4) is 0 Å². The molecule has 2 nitrogen and oxygen atoms in total. The minimum absolute atomic E-state index is 0.302. The number of fused-ring (bicyclic) bond motifs is 4. The number of imidazole rings is 1. The van der Waals surface area contributed by atoms with Gasteiger partial charge in [-0.3, -0.25) is 4.57 Å². The lowest BCUT2D eigenvalue weighted by Gasteiger charge is -2.22. The van der Waals surface area contributed by atoms with E-state index in [0.29, 0.717) is 17.4 Å². The van der Waals surface area contributed by atoms with E-state index in [1.54, 1.807) is 17.4 Å². The van der Waals surface area contributed by atoms with Gasteiger partial charge in [-0.05, 0) is 70.8 Å². The quantitative estimate of drug-likeness (QED) is 0.207. The van der Waals surface area contributed by atoms with Crippen molar-refractivity contribution >= 4 is 42.5 Å². The Morgan fingerprint density at radius 2 is 1.46 bits per heavy atom. The van der Waals surface area contributed by atoms with Crippen LogP contribution in [-0.4, -0.2) is 9.55 Å². The van der Waals surface area contributed by atoms with E-state index in [0.717, 1.165) is 53.7 Å². The van der Waals surface area contributed by atoms with E-state index in [9.17, 15) is 0 Å². The molecule has 0 aliphatic rings. The van der Waals surface area contributed by atoms with Crippen LogP contribution >= 0.6 is 11.3 Å². The molecule has 0 spiro atoms. The first-order valence-electron chi connectivity index (χ1n) is 15.8. The van der Waals surface area contributed by atoms with E-state index >= 15 is 0 Å². The van der Waals surface area contributed by atoms with Crippen molar-refractivity contribution in [3.63, 3.8) is 0 Å². The molecule has 0 aliphatic carbocycles. The van der Waals surface area contributed by atoms with Crippen molar-refractivity contribution in [1.82, 2.24) is 9.55 Å². The van der Waals surface area contributed by atoms with Crippen LogP contribution in [0.2, 0.25) is 0 Å². The smallest absolute Gasteiger partial charge is 0.147 e. The number of thiophene rings is 1. The van der Waals surface area contributed by atoms with Gasteiger partial charge >= 0.3 is 0 Å². The van der Waals surface area contributed by atoms with Gasteiger partial charge in [0.05, 0.1) is 16.7 Å². The van der Waals surface area contributed by atoms with Crippen molar-refractivity contribution in [3.05, 3.63) is 120 Å². The molecule has 0 N–H and O–H groups in total. The molecule has 0 saturated heterocycles. The number of hydrogen-bond donors (Lipinski definition) is 0. The summed E-state index contributed by atoms with van der Waals surface area (Å²) in [6.07, 6.45) is 0. The lowest BCUT2D eigenvalue weighted by atomic mass is 9.92. The zero-order valence-electron chi connectivity index (χ0n) is 26.8. The number of benzene rings is 5. The predicted octanol–water partition coefficient (Wildman–Crippen LogP) is 11.3. The fraction of sp³-hybridized carbons (Fsp3) is 0.184. The maximum absolute atomic E-state index is 8.45. The Morgan fingerprint density at radius 3 is 2.20 bits per heavy atom. The van der Waals surface area contributed by atoms with Crippen LogP contribution in [0.15, 0.2) is 103 Å². The first kappa shape index (κ1) is 22.5. The lowest BCUT2D eigenvalue weighted by Crippen LogP contribution is -2.08. The summed E-state index contributed by atoms with van der Waals surface area (Å²) >= 11 is 1.65. The molecule has 202 valence electrons. The maximum atomic E-state index is 8.45. The van der Waals surface area contributed by atoms with E-state index in [4.69, 9.17) is 9.10 Å². The van der Waals surface area contributed by atoms with Crippen molar-refractivity contribution in [1.29, 1.82) is 0 Å². The van der Waals surface area contributed by atoms with Gasteiger partial charge in [0.15, 0.2) is 0 Å². The molecular formula is C38H34N2S. The highest BCUT2D eigenvalue weighted by Gasteiger charge is 2.24. The normalized spacial score (nSPS) is 13.4. The summed E-state index contributed by atoms with van der Waals surface area (Å²) in [5.41, 5.74) is 9.22. The molecule has 7 rings (SSSR count). The van der Waals surface area contributed by atoms with E-state index in [-0.39, 0.29) is 0 Å². The molecule has 0 radical (unpaired) electrons. The van der Waals surface area contributed by atoms with Crippen LogP contribution in [0, 0.1) is 6.85 Å². The van der Waals surface area contributed by atoms with Gasteiger partial charge in [-0.1, -0.05) is 107 Å². The van der Waals surface area contributed by atoms with Gasteiger partial charge < -0.3 is 0 Å². The standard InChI is InChI=1S/C38H34N2S/c1-23(2)28-14-11-15-29(24(3)4)36(28)40-33-17-10-9-16-32(33)39-38(40)31-20-18-25(5)35-30-21-19-27(22-34(30)41-37(31)35)26-12-7-6-8-13-26/h6-24H,1-5H3/i5D3. The third-order valence-electron chi connectivity index (χ3n) is 8.10. The first-order chi connectivity index (χ1) is 21.1. The second kappa shape index (κ2) is 10.0.